The topological polar surface area (TPSA) is 65.7 Å². The summed E-state index contributed by atoms with van der Waals surface area (Å²) in [5.74, 6) is 1.73. The van der Waals surface area contributed by atoms with Crippen molar-refractivity contribution in [1.82, 2.24) is 14.9 Å². The van der Waals surface area contributed by atoms with Crippen LogP contribution in [-0.2, 0) is 17.6 Å². The Bertz CT molecular complexity index is 1160. The Hall–Kier alpha value is -3.19. The standard InChI is InChI=1S/C28H35N5O2/c1-4-26-30-27(20(2)35-26)21-9-11-23(12-10-21)33-14-6-7-22(28(33)34)19-24-25(8-5-13-29-24)32-17-15-31(3)16-18-32/h5,8-13,22H,4,6-7,14-19H2,1-3H3/t22-/m0/s1. The second-order valence-electron chi connectivity index (χ2n) is 9.71. The molecule has 2 saturated heterocycles. The van der Waals surface area contributed by atoms with Gasteiger partial charge in [0.1, 0.15) is 11.5 Å². The molecule has 7 nitrogen and oxygen atoms in total. The summed E-state index contributed by atoms with van der Waals surface area (Å²) in [6, 6.07) is 12.3. The predicted octanol–water partition coefficient (Wildman–Crippen LogP) is 4.34. The molecule has 0 N–H and O–H groups in total. The number of hydrogen-bond donors (Lipinski definition) is 0. The van der Waals surface area contributed by atoms with E-state index in [4.69, 9.17) is 9.40 Å². The highest BCUT2D eigenvalue weighted by Crippen LogP contribution is 2.31. The van der Waals surface area contributed by atoms with Crippen LogP contribution >= 0.6 is 0 Å². The van der Waals surface area contributed by atoms with Gasteiger partial charge in [-0.2, -0.15) is 0 Å². The van der Waals surface area contributed by atoms with Gasteiger partial charge in [-0.3, -0.25) is 9.78 Å². The average Bonchev–Trinajstić information content (AvgIpc) is 3.27. The fourth-order valence-corrected chi connectivity index (χ4v) is 5.22. The third kappa shape index (κ3) is 4.96. The van der Waals surface area contributed by atoms with Crippen LogP contribution < -0.4 is 9.80 Å². The molecular weight excluding hydrogens is 438 g/mol. The van der Waals surface area contributed by atoms with Crippen molar-refractivity contribution in [3.05, 3.63) is 59.9 Å². The first-order valence-corrected chi connectivity index (χ1v) is 12.8. The number of aromatic nitrogens is 2. The summed E-state index contributed by atoms with van der Waals surface area (Å²) in [4.78, 5) is 29.6. The van der Waals surface area contributed by atoms with E-state index in [1.165, 1.54) is 5.69 Å². The summed E-state index contributed by atoms with van der Waals surface area (Å²) in [6.45, 7) is 8.83. The van der Waals surface area contributed by atoms with E-state index in [9.17, 15) is 4.79 Å². The van der Waals surface area contributed by atoms with Crippen molar-refractivity contribution in [2.45, 2.75) is 39.5 Å². The monoisotopic (exact) mass is 473 g/mol. The third-order valence-electron chi connectivity index (χ3n) is 7.30. The fourth-order valence-electron chi connectivity index (χ4n) is 5.22. The van der Waals surface area contributed by atoms with Gasteiger partial charge >= 0.3 is 0 Å². The van der Waals surface area contributed by atoms with E-state index in [-0.39, 0.29) is 11.8 Å². The molecule has 7 heteroatoms. The summed E-state index contributed by atoms with van der Waals surface area (Å²) in [7, 11) is 2.17. The van der Waals surface area contributed by atoms with Gasteiger partial charge in [0.25, 0.3) is 0 Å². The van der Waals surface area contributed by atoms with Gasteiger partial charge in [0, 0.05) is 68.9 Å². The quantitative estimate of drug-likeness (QED) is 0.531. The second kappa shape index (κ2) is 10.2. The Morgan fingerprint density at radius 2 is 1.83 bits per heavy atom. The van der Waals surface area contributed by atoms with Gasteiger partial charge in [-0.25, -0.2) is 4.98 Å². The van der Waals surface area contributed by atoms with Crippen LogP contribution in [0, 0.1) is 12.8 Å². The molecule has 1 atom stereocenters. The largest absolute Gasteiger partial charge is 0.445 e. The molecule has 0 saturated carbocycles. The van der Waals surface area contributed by atoms with Crippen LogP contribution in [0.2, 0.25) is 0 Å². The number of rotatable bonds is 6. The van der Waals surface area contributed by atoms with Crippen molar-refractivity contribution in [1.29, 1.82) is 0 Å². The number of aryl methyl sites for hydroxylation is 2. The number of likely N-dealkylation sites (N-methyl/N-ethyl adjacent to an activating group) is 1. The molecule has 0 unspecified atom stereocenters. The van der Waals surface area contributed by atoms with Crippen molar-refractivity contribution in [2.75, 3.05) is 49.6 Å². The van der Waals surface area contributed by atoms with Crippen LogP contribution in [-0.4, -0.2) is 60.5 Å². The summed E-state index contributed by atoms with van der Waals surface area (Å²) in [5.41, 5.74) is 5.06. The van der Waals surface area contributed by atoms with E-state index in [1.807, 2.05) is 55.3 Å². The Morgan fingerprint density at radius 3 is 2.54 bits per heavy atom. The molecule has 2 fully saturated rings. The van der Waals surface area contributed by atoms with Crippen LogP contribution in [0.5, 0.6) is 0 Å². The highest BCUT2D eigenvalue weighted by atomic mass is 16.4. The number of amides is 1. The minimum atomic E-state index is -0.0468. The molecule has 2 aliphatic rings. The van der Waals surface area contributed by atoms with Crippen LogP contribution in [0.25, 0.3) is 11.3 Å². The number of oxazole rings is 1. The molecule has 0 bridgehead atoms. The van der Waals surface area contributed by atoms with E-state index >= 15 is 0 Å². The van der Waals surface area contributed by atoms with Crippen LogP contribution in [0.1, 0.15) is 37.1 Å². The highest BCUT2D eigenvalue weighted by Gasteiger charge is 2.31. The molecule has 0 spiro atoms. The molecule has 0 aliphatic carbocycles. The molecule has 184 valence electrons. The summed E-state index contributed by atoms with van der Waals surface area (Å²) in [6.07, 6.45) is 5.22. The van der Waals surface area contributed by atoms with Crippen LogP contribution in [0.3, 0.4) is 0 Å². The Labute approximate surface area is 207 Å². The highest BCUT2D eigenvalue weighted by molar-refractivity contribution is 5.96. The van der Waals surface area contributed by atoms with Crippen molar-refractivity contribution in [3.63, 3.8) is 0 Å². The van der Waals surface area contributed by atoms with Gasteiger partial charge in [-0.1, -0.05) is 19.1 Å². The number of anilines is 2. The van der Waals surface area contributed by atoms with Gasteiger partial charge in [0.15, 0.2) is 5.89 Å². The molecule has 1 aromatic carbocycles. The zero-order chi connectivity index (χ0) is 24.4. The zero-order valence-electron chi connectivity index (χ0n) is 21.0. The first-order chi connectivity index (χ1) is 17.0. The lowest BCUT2D eigenvalue weighted by molar-refractivity contribution is -0.123. The summed E-state index contributed by atoms with van der Waals surface area (Å²) in [5, 5.41) is 0. The van der Waals surface area contributed by atoms with Gasteiger partial charge in [0.05, 0.1) is 11.4 Å². The SMILES string of the molecule is CCc1nc(-c2ccc(N3CCC[C@@H](Cc4ncccc4N4CCN(C)CC4)C3=O)cc2)c(C)o1. The maximum atomic E-state index is 13.6. The number of hydrogen-bond acceptors (Lipinski definition) is 6. The van der Waals surface area contributed by atoms with Crippen LogP contribution in [0.15, 0.2) is 47.0 Å². The lowest BCUT2D eigenvalue weighted by Gasteiger charge is -2.36. The van der Waals surface area contributed by atoms with E-state index in [0.29, 0.717) is 6.42 Å². The first kappa shape index (κ1) is 23.5. The molecule has 2 aromatic heterocycles. The van der Waals surface area contributed by atoms with E-state index in [1.54, 1.807) is 0 Å². The van der Waals surface area contributed by atoms with E-state index in [0.717, 1.165) is 86.3 Å². The Morgan fingerprint density at radius 1 is 1.06 bits per heavy atom. The smallest absolute Gasteiger partial charge is 0.230 e. The normalized spacial score (nSPS) is 19.4. The molecule has 0 radical (unpaired) electrons. The number of piperidine rings is 1. The number of carbonyl (C=O) groups excluding carboxylic acids is 1. The third-order valence-corrected chi connectivity index (χ3v) is 7.30. The number of nitrogens with zero attached hydrogens (tertiary/aromatic N) is 5. The van der Waals surface area contributed by atoms with Crippen molar-refractivity contribution < 1.29 is 9.21 Å². The molecule has 3 aromatic rings. The average molecular weight is 474 g/mol. The summed E-state index contributed by atoms with van der Waals surface area (Å²) >= 11 is 0. The number of piperazine rings is 1. The van der Waals surface area contributed by atoms with Crippen molar-refractivity contribution >= 4 is 17.3 Å². The fraction of sp³-hybridized carbons (Fsp3) is 0.464. The maximum absolute atomic E-state index is 13.6. The molecular formula is C28H35N5O2. The lowest BCUT2D eigenvalue weighted by atomic mass is 9.91. The van der Waals surface area contributed by atoms with Gasteiger partial charge < -0.3 is 19.1 Å². The van der Waals surface area contributed by atoms with Gasteiger partial charge in [-0.15, -0.1) is 0 Å². The zero-order valence-corrected chi connectivity index (χ0v) is 21.0. The van der Waals surface area contributed by atoms with Gasteiger partial charge in [0.2, 0.25) is 5.91 Å². The predicted molar refractivity (Wildman–Crippen MR) is 139 cm³/mol. The number of benzene rings is 1. The molecule has 1 amide bonds. The number of pyridine rings is 1. The molecule has 2 aliphatic heterocycles. The van der Waals surface area contributed by atoms with E-state index < -0.39 is 0 Å². The van der Waals surface area contributed by atoms with E-state index in [2.05, 4.69) is 27.9 Å². The lowest BCUT2D eigenvalue weighted by Crippen LogP contribution is -2.45. The van der Waals surface area contributed by atoms with Crippen LogP contribution in [0.4, 0.5) is 11.4 Å². The molecule has 4 heterocycles. The van der Waals surface area contributed by atoms with Crippen molar-refractivity contribution in [2.24, 2.45) is 5.92 Å². The number of carbonyl (C=O) groups is 1. The minimum absolute atomic E-state index is 0.0468. The Balaban J connectivity index is 1.31. The Kier molecular flexibility index (Phi) is 6.86. The minimum Gasteiger partial charge on any atom is -0.445 e. The second-order valence-corrected chi connectivity index (χ2v) is 9.71. The summed E-state index contributed by atoms with van der Waals surface area (Å²) < 4.78 is 5.72. The first-order valence-electron chi connectivity index (χ1n) is 12.8. The molecule has 35 heavy (non-hydrogen) atoms. The molecule has 5 rings (SSSR count). The van der Waals surface area contributed by atoms with Gasteiger partial charge in [-0.05, 0) is 51.1 Å². The van der Waals surface area contributed by atoms with Crippen molar-refractivity contribution in [3.8, 4) is 11.3 Å². The maximum Gasteiger partial charge on any atom is 0.230 e.